The van der Waals surface area contributed by atoms with E-state index in [1.807, 2.05) is 6.07 Å². The van der Waals surface area contributed by atoms with Crippen LogP contribution in [0.2, 0.25) is 0 Å². The highest BCUT2D eigenvalue weighted by Gasteiger charge is 2.24. The third-order valence-electron chi connectivity index (χ3n) is 3.82. The van der Waals surface area contributed by atoms with Gasteiger partial charge in [0.15, 0.2) is 5.96 Å². The molecular weight excluding hydrogens is 283 g/mol. The molecule has 0 aliphatic carbocycles. The number of aliphatic imine (C=N–C) groups is 1. The van der Waals surface area contributed by atoms with Crippen molar-refractivity contribution in [3.8, 4) is 6.07 Å². The van der Waals surface area contributed by atoms with E-state index >= 15 is 0 Å². The van der Waals surface area contributed by atoms with Crippen LogP contribution < -0.4 is 5.32 Å². The lowest BCUT2D eigenvalue weighted by Crippen LogP contribution is -2.40. The van der Waals surface area contributed by atoms with E-state index in [2.05, 4.69) is 15.2 Å². The Kier molecular flexibility index (Phi) is 5.73. The van der Waals surface area contributed by atoms with Gasteiger partial charge in [-0.25, -0.2) is 4.39 Å². The molecule has 0 radical (unpaired) electrons. The second kappa shape index (κ2) is 7.76. The molecule has 118 valence electrons. The molecule has 1 fully saturated rings. The van der Waals surface area contributed by atoms with Crippen LogP contribution in [0.15, 0.2) is 23.2 Å². The molecule has 1 aromatic rings. The number of nitriles is 1. The van der Waals surface area contributed by atoms with Gasteiger partial charge in [-0.2, -0.15) is 5.26 Å². The Balaban J connectivity index is 1.94. The number of guanidine groups is 1. The average Bonchev–Trinajstić information content (AvgIpc) is 2.98. The molecule has 1 aromatic carbocycles. The predicted octanol–water partition coefficient (Wildman–Crippen LogP) is 1.74. The van der Waals surface area contributed by atoms with Crippen LogP contribution in [-0.2, 0) is 11.3 Å². The quantitative estimate of drug-likeness (QED) is 0.680. The fourth-order valence-electron chi connectivity index (χ4n) is 2.66. The summed E-state index contributed by atoms with van der Waals surface area (Å²) in [6.45, 7) is 2.90. The standard InChI is InChI=1S/C16H21FN4O/c1-19-16(21-6-5-13(10-21)11-22-2)20-9-14-4-3-12(8-18)7-15(14)17/h3-4,7,13H,5-6,9-11H2,1-2H3,(H,19,20). The molecule has 1 N–H and O–H groups in total. The Hall–Kier alpha value is -2.13. The smallest absolute Gasteiger partial charge is 0.193 e. The molecule has 0 aromatic heterocycles. The van der Waals surface area contributed by atoms with E-state index in [4.69, 9.17) is 10.00 Å². The number of methoxy groups -OCH3 is 1. The average molecular weight is 304 g/mol. The van der Waals surface area contributed by atoms with Crippen LogP contribution in [0, 0.1) is 23.1 Å². The molecule has 0 amide bonds. The Bertz CT molecular complexity index is 582. The van der Waals surface area contributed by atoms with Crippen molar-refractivity contribution in [2.24, 2.45) is 10.9 Å². The topological polar surface area (TPSA) is 60.7 Å². The number of hydrogen-bond donors (Lipinski definition) is 1. The predicted molar refractivity (Wildman–Crippen MR) is 82.9 cm³/mol. The monoisotopic (exact) mass is 304 g/mol. The molecule has 2 rings (SSSR count). The van der Waals surface area contributed by atoms with Gasteiger partial charge < -0.3 is 15.0 Å². The highest BCUT2D eigenvalue weighted by atomic mass is 19.1. The number of hydrogen-bond acceptors (Lipinski definition) is 3. The van der Waals surface area contributed by atoms with Crippen molar-refractivity contribution in [1.82, 2.24) is 10.2 Å². The SMILES string of the molecule is CN=C(NCc1ccc(C#N)cc1F)N1CCC(COC)C1. The Morgan fingerprint density at radius 2 is 2.41 bits per heavy atom. The van der Waals surface area contributed by atoms with E-state index in [0.717, 1.165) is 32.1 Å². The van der Waals surface area contributed by atoms with E-state index < -0.39 is 0 Å². The number of nitrogens with one attached hydrogen (secondary N) is 1. The molecule has 5 nitrogen and oxygen atoms in total. The number of ether oxygens (including phenoxy) is 1. The minimum absolute atomic E-state index is 0.326. The lowest BCUT2D eigenvalue weighted by atomic mass is 10.1. The van der Waals surface area contributed by atoms with Crippen molar-refractivity contribution in [3.63, 3.8) is 0 Å². The van der Waals surface area contributed by atoms with Crippen molar-refractivity contribution >= 4 is 5.96 Å². The zero-order valence-corrected chi connectivity index (χ0v) is 13.0. The number of nitrogens with zero attached hydrogens (tertiary/aromatic N) is 3. The highest BCUT2D eigenvalue weighted by molar-refractivity contribution is 5.80. The van der Waals surface area contributed by atoms with E-state index in [0.29, 0.717) is 23.6 Å². The summed E-state index contributed by atoms with van der Waals surface area (Å²) in [5.74, 6) is 0.901. The van der Waals surface area contributed by atoms with Gasteiger partial charge in [0.2, 0.25) is 0 Å². The third-order valence-corrected chi connectivity index (χ3v) is 3.82. The Labute approximate surface area is 130 Å². The third kappa shape index (κ3) is 3.95. The number of likely N-dealkylation sites (tertiary alicyclic amines) is 1. The van der Waals surface area contributed by atoms with Crippen LogP contribution in [0.5, 0.6) is 0 Å². The van der Waals surface area contributed by atoms with Gasteiger partial charge in [-0.1, -0.05) is 6.07 Å². The lowest BCUT2D eigenvalue weighted by Gasteiger charge is -2.21. The van der Waals surface area contributed by atoms with Gasteiger partial charge in [0.25, 0.3) is 0 Å². The highest BCUT2D eigenvalue weighted by Crippen LogP contribution is 2.16. The lowest BCUT2D eigenvalue weighted by molar-refractivity contribution is 0.157. The number of halogens is 1. The number of rotatable bonds is 4. The minimum atomic E-state index is -0.374. The molecule has 22 heavy (non-hydrogen) atoms. The fraction of sp³-hybridized carbons (Fsp3) is 0.500. The second-order valence-electron chi connectivity index (χ2n) is 5.37. The fourth-order valence-corrected chi connectivity index (χ4v) is 2.66. The summed E-state index contributed by atoms with van der Waals surface area (Å²) in [7, 11) is 3.44. The van der Waals surface area contributed by atoms with Crippen LogP contribution in [0.25, 0.3) is 0 Å². The largest absolute Gasteiger partial charge is 0.384 e. The molecule has 1 atom stereocenters. The Morgan fingerprint density at radius 1 is 1.59 bits per heavy atom. The van der Waals surface area contributed by atoms with Crippen molar-refractivity contribution in [1.29, 1.82) is 5.26 Å². The van der Waals surface area contributed by atoms with Gasteiger partial charge in [0.1, 0.15) is 5.82 Å². The van der Waals surface area contributed by atoms with Crippen LogP contribution in [-0.4, -0.2) is 44.7 Å². The zero-order valence-electron chi connectivity index (χ0n) is 13.0. The van der Waals surface area contributed by atoms with Crippen LogP contribution in [0.4, 0.5) is 4.39 Å². The molecule has 1 unspecified atom stereocenters. The summed E-state index contributed by atoms with van der Waals surface area (Å²) in [6, 6.07) is 6.43. The molecule has 0 spiro atoms. The Morgan fingerprint density at radius 3 is 3.05 bits per heavy atom. The van der Waals surface area contributed by atoms with Crippen LogP contribution in [0.1, 0.15) is 17.5 Å². The molecule has 0 bridgehead atoms. The minimum Gasteiger partial charge on any atom is -0.384 e. The summed E-state index contributed by atoms with van der Waals surface area (Å²) in [5, 5.41) is 11.9. The first-order chi connectivity index (χ1) is 10.7. The van der Waals surface area contributed by atoms with Gasteiger partial charge >= 0.3 is 0 Å². The maximum atomic E-state index is 13.9. The van der Waals surface area contributed by atoms with Crippen LogP contribution >= 0.6 is 0 Å². The van der Waals surface area contributed by atoms with Gasteiger partial charge in [-0.05, 0) is 18.6 Å². The van der Waals surface area contributed by atoms with E-state index in [1.54, 1.807) is 26.3 Å². The number of benzene rings is 1. The molecule has 1 aliphatic rings. The van der Waals surface area contributed by atoms with Gasteiger partial charge in [0, 0.05) is 45.3 Å². The molecule has 0 saturated carbocycles. The van der Waals surface area contributed by atoms with E-state index in [9.17, 15) is 4.39 Å². The van der Waals surface area contributed by atoms with Crippen LogP contribution in [0.3, 0.4) is 0 Å². The summed E-state index contributed by atoms with van der Waals surface area (Å²) in [5.41, 5.74) is 0.848. The molecule has 1 heterocycles. The molecular formula is C16H21FN4O. The molecule has 6 heteroatoms. The first-order valence-electron chi connectivity index (χ1n) is 7.31. The van der Waals surface area contributed by atoms with Crippen molar-refractivity contribution in [2.75, 3.05) is 33.9 Å². The normalized spacial score (nSPS) is 18.4. The summed E-state index contributed by atoms with van der Waals surface area (Å²) in [6.07, 6.45) is 1.07. The first-order valence-corrected chi connectivity index (χ1v) is 7.31. The molecule has 1 aliphatic heterocycles. The second-order valence-corrected chi connectivity index (χ2v) is 5.37. The van der Waals surface area contributed by atoms with Crippen molar-refractivity contribution in [3.05, 3.63) is 35.1 Å². The van der Waals surface area contributed by atoms with E-state index in [1.165, 1.54) is 6.07 Å². The van der Waals surface area contributed by atoms with Gasteiger partial charge in [-0.3, -0.25) is 4.99 Å². The van der Waals surface area contributed by atoms with Crippen molar-refractivity contribution < 1.29 is 9.13 Å². The first kappa shape index (κ1) is 16.2. The molecule has 1 saturated heterocycles. The van der Waals surface area contributed by atoms with Gasteiger partial charge in [0.05, 0.1) is 18.2 Å². The maximum Gasteiger partial charge on any atom is 0.193 e. The summed E-state index contributed by atoms with van der Waals surface area (Å²) < 4.78 is 19.1. The van der Waals surface area contributed by atoms with E-state index in [-0.39, 0.29) is 5.82 Å². The van der Waals surface area contributed by atoms with Crippen molar-refractivity contribution in [2.45, 2.75) is 13.0 Å². The zero-order chi connectivity index (χ0) is 15.9. The maximum absolute atomic E-state index is 13.9. The van der Waals surface area contributed by atoms with Gasteiger partial charge in [-0.15, -0.1) is 0 Å². The summed E-state index contributed by atoms with van der Waals surface area (Å²) >= 11 is 0. The summed E-state index contributed by atoms with van der Waals surface area (Å²) in [4.78, 5) is 6.42.